The average molecular weight is 286 g/mol. The molecular formula is C19H30N2. The first-order chi connectivity index (χ1) is 10.2. The normalized spacial score (nSPS) is 32.6. The average Bonchev–Trinajstić information content (AvgIpc) is 2.52. The Labute approximate surface area is 129 Å². The molecule has 21 heavy (non-hydrogen) atoms. The molecule has 1 aliphatic heterocycles. The van der Waals surface area contributed by atoms with Gasteiger partial charge >= 0.3 is 0 Å². The molecule has 1 aliphatic carbocycles. The van der Waals surface area contributed by atoms with Crippen LogP contribution in [-0.2, 0) is 0 Å². The van der Waals surface area contributed by atoms with E-state index in [-0.39, 0.29) is 0 Å². The third-order valence-electron chi connectivity index (χ3n) is 5.91. The van der Waals surface area contributed by atoms with Crippen LogP contribution in [0.25, 0.3) is 0 Å². The highest BCUT2D eigenvalue weighted by atomic mass is 15.3. The maximum atomic E-state index is 3.88. The van der Waals surface area contributed by atoms with Crippen LogP contribution in [0.2, 0.25) is 0 Å². The molecule has 0 bridgehead atoms. The predicted molar refractivity (Wildman–Crippen MR) is 89.4 cm³/mol. The molecule has 1 N–H and O–H groups in total. The summed E-state index contributed by atoms with van der Waals surface area (Å²) < 4.78 is 0. The van der Waals surface area contributed by atoms with E-state index in [1.807, 2.05) is 0 Å². The van der Waals surface area contributed by atoms with E-state index in [2.05, 4.69) is 61.3 Å². The van der Waals surface area contributed by atoms with Gasteiger partial charge in [-0.15, -0.1) is 0 Å². The Morgan fingerprint density at radius 1 is 1.14 bits per heavy atom. The van der Waals surface area contributed by atoms with Gasteiger partial charge in [0, 0.05) is 30.7 Å². The van der Waals surface area contributed by atoms with Gasteiger partial charge in [-0.1, -0.05) is 51.1 Å². The Morgan fingerprint density at radius 3 is 2.38 bits per heavy atom. The molecule has 1 saturated carbocycles. The van der Waals surface area contributed by atoms with Gasteiger partial charge in [0.2, 0.25) is 0 Å². The second kappa shape index (κ2) is 6.10. The highest BCUT2D eigenvalue weighted by Crippen LogP contribution is 2.39. The van der Waals surface area contributed by atoms with Crippen molar-refractivity contribution in [2.45, 2.75) is 64.1 Å². The monoisotopic (exact) mass is 286 g/mol. The molecule has 2 nitrogen and oxygen atoms in total. The van der Waals surface area contributed by atoms with E-state index in [0.29, 0.717) is 11.6 Å². The summed E-state index contributed by atoms with van der Waals surface area (Å²) >= 11 is 0. The van der Waals surface area contributed by atoms with Crippen LogP contribution in [0, 0.1) is 5.92 Å². The summed E-state index contributed by atoms with van der Waals surface area (Å²) in [6, 6.07) is 12.4. The van der Waals surface area contributed by atoms with Crippen LogP contribution in [0.4, 0.5) is 0 Å². The number of benzene rings is 1. The molecule has 0 radical (unpaired) electrons. The minimum absolute atomic E-state index is 0.324. The van der Waals surface area contributed by atoms with E-state index in [9.17, 15) is 0 Å². The van der Waals surface area contributed by atoms with E-state index in [1.165, 1.54) is 37.8 Å². The van der Waals surface area contributed by atoms with E-state index >= 15 is 0 Å². The molecule has 2 aliphatic rings. The van der Waals surface area contributed by atoms with E-state index in [1.54, 1.807) is 0 Å². The predicted octanol–water partition coefficient (Wildman–Crippen LogP) is 3.99. The van der Waals surface area contributed by atoms with Crippen molar-refractivity contribution in [2.24, 2.45) is 5.92 Å². The highest BCUT2D eigenvalue weighted by molar-refractivity contribution is 5.21. The largest absolute Gasteiger partial charge is 0.308 e. The molecule has 1 saturated heterocycles. The molecular weight excluding hydrogens is 256 g/mol. The smallest absolute Gasteiger partial charge is 0.0476 e. The minimum atomic E-state index is 0.324. The quantitative estimate of drug-likeness (QED) is 0.900. The molecule has 1 aromatic carbocycles. The molecule has 116 valence electrons. The second-order valence-corrected chi connectivity index (χ2v) is 7.20. The summed E-state index contributed by atoms with van der Waals surface area (Å²) in [5.74, 6) is 0.916. The van der Waals surface area contributed by atoms with Crippen LogP contribution in [0.1, 0.15) is 58.1 Å². The molecule has 0 amide bonds. The SMILES string of the molecule is CCC1(CC)CN(C2CC(C)C2)C(c2ccccc2)CN1. The van der Waals surface area contributed by atoms with E-state index in [4.69, 9.17) is 0 Å². The zero-order valence-electron chi connectivity index (χ0n) is 13.8. The third-order valence-corrected chi connectivity index (χ3v) is 5.91. The topological polar surface area (TPSA) is 15.3 Å². The summed E-state index contributed by atoms with van der Waals surface area (Å²) in [6.07, 6.45) is 5.22. The van der Waals surface area contributed by atoms with Crippen LogP contribution < -0.4 is 5.32 Å². The van der Waals surface area contributed by atoms with Crippen LogP contribution in [0.5, 0.6) is 0 Å². The van der Waals surface area contributed by atoms with Crippen molar-refractivity contribution in [1.29, 1.82) is 0 Å². The molecule has 0 spiro atoms. The van der Waals surface area contributed by atoms with Gasteiger partial charge in [0.1, 0.15) is 0 Å². The summed E-state index contributed by atoms with van der Waals surface area (Å²) in [6.45, 7) is 9.36. The van der Waals surface area contributed by atoms with Crippen LogP contribution >= 0.6 is 0 Å². The van der Waals surface area contributed by atoms with Crippen molar-refractivity contribution in [3.63, 3.8) is 0 Å². The Balaban J connectivity index is 1.82. The maximum absolute atomic E-state index is 3.88. The number of nitrogens with zero attached hydrogens (tertiary/aromatic N) is 1. The Morgan fingerprint density at radius 2 is 1.81 bits per heavy atom. The lowest BCUT2D eigenvalue weighted by Gasteiger charge is -2.54. The molecule has 2 heteroatoms. The zero-order chi connectivity index (χ0) is 14.9. The fraction of sp³-hybridized carbons (Fsp3) is 0.684. The Bertz CT molecular complexity index is 446. The Hall–Kier alpha value is -0.860. The van der Waals surface area contributed by atoms with Crippen LogP contribution in [0.3, 0.4) is 0 Å². The first-order valence-corrected chi connectivity index (χ1v) is 8.73. The first kappa shape index (κ1) is 15.1. The van der Waals surface area contributed by atoms with Gasteiger partial charge in [0.05, 0.1) is 0 Å². The third kappa shape index (κ3) is 2.89. The Kier molecular flexibility index (Phi) is 4.37. The van der Waals surface area contributed by atoms with Crippen LogP contribution in [0.15, 0.2) is 30.3 Å². The summed E-state index contributed by atoms with van der Waals surface area (Å²) in [7, 11) is 0. The summed E-state index contributed by atoms with van der Waals surface area (Å²) in [5, 5.41) is 3.88. The lowest BCUT2D eigenvalue weighted by Crippen LogP contribution is -2.64. The van der Waals surface area contributed by atoms with Gasteiger partial charge < -0.3 is 5.32 Å². The van der Waals surface area contributed by atoms with E-state index < -0.39 is 0 Å². The van der Waals surface area contributed by atoms with Gasteiger partial charge in [-0.05, 0) is 37.2 Å². The van der Waals surface area contributed by atoms with Gasteiger partial charge in [-0.2, -0.15) is 0 Å². The molecule has 1 heterocycles. The number of nitrogens with one attached hydrogen (secondary N) is 1. The minimum Gasteiger partial charge on any atom is -0.308 e. The van der Waals surface area contributed by atoms with Crippen molar-refractivity contribution in [3.8, 4) is 0 Å². The van der Waals surface area contributed by atoms with Gasteiger partial charge in [0.25, 0.3) is 0 Å². The van der Waals surface area contributed by atoms with Crippen molar-refractivity contribution in [2.75, 3.05) is 13.1 Å². The number of rotatable bonds is 4. The fourth-order valence-corrected chi connectivity index (χ4v) is 4.17. The van der Waals surface area contributed by atoms with Crippen molar-refractivity contribution < 1.29 is 0 Å². The number of piperazine rings is 1. The summed E-state index contributed by atoms with van der Waals surface area (Å²) in [5.41, 5.74) is 1.80. The highest BCUT2D eigenvalue weighted by Gasteiger charge is 2.43. The first-order valence-electron chi connectivity index (χ1n) is 8.73. The number of hydrogen-bond acceptors (Lipinski definition) is 2. The summed E-state index contributed by atoms with van der Waals surface area (Å²) in [4.78, 5) is 2.82. The number of hydrogen-bond donors (Lipinski definition) is 1. The lowest BCUT2D eigenvalue weighted by atomic mass is 9.77. The molecule has 2 fully saturated rings. The fourth-order valence-electron chi connectivity index (χ4n) is 4.17. The van der Waals surface area contributed by atoms with E-state index in [0.717, 1.165) is 18.5 Å². The second-order valence-electron chi connectivity index (χ2n) is 7.20. The van der Waals surface area contributed by atoms with Crippen molar-refractivity contribution in [1.82, 2.24) is 10.2 Å². The standard InChI is InChI=1S/C19H30N2/c1-4-19(5-2)14-21(17-11-15(3)12-17)18(13-20-19)16-9-7-6-8-10-16/h6-10,15,17-18,20H,4-5,11-14H2,1-3H3. The van der Waals surface area contributed by atoms with Gasteiger partial charge in [0.15, 0.2) is 0 Å². The molecule has 1 unspecified atom stereocenters. The zero-order valence-corrected chi connectivity index (χ0v) is 13.8. The molecule has 0 aromatic heterocycles. The van der Waals surface area contributed by atoms with Crippen molar-refractivity contribution >= 4 is 0 Å². The van der Waals surface area contributed by atoms with Gasteiger partial charge in [-0.25, -0.2) is 0 Å². The molecule has 1 aromatic rings. The molecule has 3 rings (SSSR count). The van der Waals surface area contributed by atoms with Crippen molar-refractivity contribution in [3.05, 3.63) is 35.9 Å². The molecule has 1 atom stereocenters. The lowest BCUT2D eigenvalue weighted by molar-refractivity contribution is -0.0112. The van der Waals surface area contributed by atoms with Crippen LogP contribution in [-0.4, -0.2) is 29.6 Å². The maximum Gasteiger partial charge on any atom is 0.0476 e. The van der Waals surface area contributed by atoms with Gasteiger partial charge in [-0.3, -0.25) is 4.90 Å².